The average Bonchev–Trinajstić information content (AvgIpc) is 2.37. The fourth-order valence-corrected chi connectivity index (χ4v) is 2.66. The van der Waals surface area contributed by atoms with Gasteiger partial charge in [0.15, 0.2) is 0 Å². The monoisotopic (exact) mass is 314 g/mol. The summed E-state index contributed by atoms with van der Waals surface area (Å²) >= 11 is 0. The van der Waals surface area contributed by atoms with Gasteiger partial charge in [0.25, 0.3) is 0 Å². The first-order valence-corrected chi connectivity index (χ1v) is 8.40. The van der Waals surface area contributed by atoms with Gasteiger partial charge in [-0.05, 0) is 25.0 Å². The van der Waals surface area contributed by atoms with E-state index in [1.807, 2.05) is 32.0 Å². The summed E-state index contributed by atoms with van der Waals surface area (Å²) < 4.78 is 29.3. The predicted octanol–water partition coefficient (Wildman–Crippen LogP) is 1.15. The quantitative estimate of drug-likeness (QED) is 0.819. The summed E-state index contributed by atoms with van der Waals surface area (Å²) in [5.74, 6) is -0.367. The summed E-state index contributed by atoms with van der Waals surface area (Å²) in [6.07, 6.45) is 1.08. The number of anilines is 1. The molecule has 0 radical (unpaired) electrons. The van der Waals surface area contributed by atoms with E-state index >= 15 is 0 Å². The zero-order valence-corrected chi connectivity index (χ0v) is 13.7. The summed E-state index contributed by atoms with van der Waals surface area (Å²) in [7, 11) is -1.97. The van der Waals surface area contributed by atoms with Gasteiger partial charge < -0.3 is 10.1 Å². The lowest BCUT2D eigenvalue weighted by Gasteiger charge is -2.19. The lowest BCUT2D eigenvalue weighted by atomic mass is 10.1. The van der Waals surface area contributed by atoms with Crippen LogP contribution in [0.4, 0.5) is 5.69 Å². The van der Waals surface area contributed by atoms with Crippen molar-refractivity contribution in [2.75, 3.05) is 38.4 Å². The molecule has 1 N–H and O–H groups in total. The molecular weight excluding hydrogens is 292 g/mol. The zero-order chi connectivity index (χ0) is 16.0. The highest BCUT2D eigenvalue weighted by Gasteiger charge is 2.20. The third-order valence-electron chi connectivity index (χ3n) is 3.08. The van der Waals surface area contributed by atoms with Crippen molar-refractivity contribution in [3.63, 3.8) is 0 Å². The van der Waals surface area contributed by atoms with Gasteiger partial charge in [-0.2, -0.15) is 4.31 Å². The molecular formula is C14H22N2O4S. The predicted molar refractivity (Wildman–Crippen MR) is 82.8 cm³/mol. The highest BCUT2D eigenvalue weighted by molar-refractivity contribution is 7.88. The lowest BCUT2D eigenvalue weighted by molar-refractivity contribution is -0.116. The molecule has 0 aromatic heterocycles. The molecule has 0 aliphatic carbocycles. The standard InChI is InChI=1S/C14H22N2O4S/c1-11-6-5-7-12(2)14(11)15-13(17)10-16(8-9-20-3)21(4,18)19/h5-7H,8-10H2,1-4H3,(H,15,17). The van der Waals surface area contributed by atoms with Crippen molar-refractivity contribution in [1.82, 2.24) is 4.31 Å². The van der Waals surface area contributed by atoms with Crippen molar-refractivity contribution in [2.45, 2.75) is 13.8 Å². The topological polar surface area (TPSA) is 75.7 Å². The van der Waals surface area contributed by atoms with Crippen LogP contribution in [0, 0.1) is 13.8 Å². The Hall–Kier alpha value is -1.44. The Morgan fingerprint density at radius 3 is 2.33 bits per heavy atom. The summed E-state index contributed by atoms with van der Waals surface area (Å²) in [5.41, 5.74) is 2.60. The second-order valence-corrected chi connectivity index (χ2v) is 6.89. The summed E-state index contributed by atoms with van der Waals surface area (Å²) in [6.45, 7) is 3.94. The Kier molecular flexibility index (Phi) is 6.32. The van der Waals surface area contributed by atoms with Gasteiger partial charge in [-0.25, -0.2) is 8.42 Å². The molecule has 0 aliphatic heterocycles. The molecule has 0 saturated carbocycles. The summed E-state index contributed by atoms with van der Waals surface area (Å²) in [5, 5.41) is 2.77. The summed E-state index contributed by atoms with van der Waals surface area (Å²) in [6, 6.07) is 5.69. The Balaban J connectivity index is 2.79. The number of sulfonamides is 1. The van der Waals surface area contributed by atoms with Gasteiger partial charge >= 0.3 is 0 Å². The van der Waals surface area contributed by atoms with Crippen molar-refractivity contribution < 1.29 is 17.9 Å². The average molecular weight is 314 g/mol. The third-order valence-corrected chi connectivity index (χ3v) is 4.33. The smallest absolute Gasteiger partial charge is 0.239 e. The third kappa shape index (κ3) is 5.45. The van der Waals surface area contributed by atoms with Crippen LogP contribution < -0.4 is 5.32 Å². The molecule has 0 spiro atoms. The fraction of sp³-hybridized carbons (Fsp3) is 0.500. The van der Waals surface area contributed by atoms with E-state index in [1.165, 1.54) is 7.11 Å². The van der Waals surface area contributed by atoms with Crippen LogP contribution in [0.15, 0.2) is 18.2 Å². The minimum Gasteiger partial charge on any atom is -0.383 e. The number of aryl methyl sites for hydroxylation is 2. The maximum absolute atomic E-state index is 12.1. The summed E-state index contributed by atoms with van der Waals surface area (Å²) in [4.78, 5) is 12.1. The molecule has 6 nitrogen and oxygen atoms in total. The molecule has 0 atom stereocenters. The van der Waals surface area contributed by atoms with Gasteiger partial charge in [-0.3, -0.25) is 4.79 Å². The molecule has 7 heteroatoms. The molecule has 0 saturated heterocycles. The van der Waals surface area contributed by atoms with Gasteiger partial charge in [-0.1, -0.05) is 18.2 Å². The van der Waals surface area contributed by atoms with Crippen molar-refractivity contribution in [3.8, 4) is 0 Å². The van der Waals surface area contributed by atoms with Gasteiger partial charge in [0.2, 0.25) is 15.9 Å². The van der Waals surface area contributed by atoms with Crippen LogP contribution in [0.2, 0.25) is 0 Å². The van der Waals surface area contributed by atoms with Gasteiger partial charge in [0.05, 0.1) is 19.4 Å². The first-order chi connectivity index (χ1) is 9.75. The SMILES string of the molecule is COCCN(CC(=O)Nc1c(C)cccc1C)S(C)(=O)=O. The molecule has 1 rings (SSSR count). The number of hydrogen-bond donors (Lipinski definition) is 1. The minimum atomic E-state index is -3.45. The molecule has 0 bridgehead atoms. The first-order valence-electron chi connectivity index (χ1n) is 6.56. The lowest BCUT2D eigenvalue weighted by Crippen LogP contribution is -2.39. The number of para-hydroxylation sites is 1. The molecule has 1 aromatic rings. The molecule has 1 aromatic carbocycles. The number of nitrogens with zero attached hydrogens (tertiary/aromatic N) is 1. The number of carbonyl (C=O) groups is 1. The molecule has 0 aliphatic rings. The number of nitrogens with one attached hydrogen (secondary N) is 1. The highest BCUT2D eigenvalue weighted by atomic mass is 32.2. The van der Waals surface area contributed by atoms with Crippen LogP contribution in [0.25, 0.3) is 0 Å². The normalized spacial score (nSPS) is 11.7. The van der Waals surface area contributed by atoms with Crippen molar-refractivity contribution in [1.29, 1.82) is 0 Å². The number of hydrogen-bond acceptors (Lipinski definition) is 4. The van der Waals surface area contributed by atoms with E-state index in [2.05, 4.69) is 5.32 Å². The van der Waals surface area contributed by atoms with E-state index in [1.54, 1.807) is 0 Å². The van der Waals surface area contributed by atoms with E-state index in [-0.39, 0.29) is 25.6 Å². The van der Waals surface area contributed by atoms with Gasteiger partial charge in [-0.15, -0.1) is 0 Å². The number of carbonyl (C=O) groups excluding carboxylic acids is 1. The molecule has 0 fully saturated rings. The maximum Gasteiger partial charge on any atom is 0.239 e. The van der Waals surface area contributed by atoms with E-state index in [0.717, 1.165) is 27.4 Å². The number of rotatable bonds is 7. The van der Waals surface area contributed by atoms with E-state index < -0.39 is 10.0 Å². The Bertz CT molecular complexity index is 579. The van der Waals surface area contributed by atoms with Crippen molar-refractivity contribution in [3.05, 3.63) is 29.3 Å². The van der Waals surface area contributed by atoms with Crippen LogP contribution in [-0.2, 0) is 19.6 Å². The van der Waals surface area contributed by atoms with Gasteiger partial charge in [0, 0.05) is 19.3 Å². The van der Waals surface area contributed by atoms with E-state index in [9.17, 15) is 13.2 Å². The fourth-order valence-electron chi connectivity index (χ4n) is 1.91. The molecule has 118 valence electrons. The number of benzene rings is 1. The van der Waals surface area contributed by atoms with Crippen molar-refractivity contribution >= 4 is 21.6 Å². The van der Waals surface area contributed by atoms with E-state index in [0.29, 0.717) is 0 Å². The Morgan fingerprint density at radius 1 is 1.29 bits per heavy atom. The maximum atomic E-state index is 12.1. The van der Waals surface area contributed by atoms with Crippen LogP contribution in [0.5, 0.6) is 0 Å². The van der Waals surface area contributed by atoms with Gasteiger partial charge in [0.1, 0.15) is 0 Å². The number of amides is 1. The minimum absolute atomic E-state index is 0.148. The molecule has 1 amide bonds. The van der Waals surface area contributed by atoms with Crippen molar-refractivity contribution in [2.24, 2.45) is 0 Å². The number of methoxy groups -OCH3 is 1. The second kappa shape index (κ2) is 7.53. The zero-order valence-electron chi connectivity index (χ0n) is 12.8. The van der Waals surface area contributed by atoms with Crippen LogP contribution >= 0.6 is 0 Å². The molecule has 0 heterocycles. The first kappa shape index (κ1) is 17.6. The van der Waals surface area contributed by atoms with Crippen LogP contribution in [0.3, 0.4) is 0 Å². The molecule has 21 heavy (non-hydrogen) atoms. The van der Waals surface area contributed by atoms with Crippen LogP contribution in [-0.4, -0.2) is 51.7 Å². The Morgan fingerprint density at radius 2 is 1.86 bits per heavy atom. The molecule has 0 unspecified atom stereocenters. The van der Waals surface area contributed by atoms with E-state index in [4.69, 9.17) is 4.74 Å². The largest absolute Gasteiger partial charge is 0.383 e. The Labute approximate surface area is 126 Å². The number of ether oxygens (including phenoxy) is 1. The van der Waals surface area contributed by atoms with Crippen LogP contribution in [0.1, 0.15) is 11.1 Å². The highest BCUT2D eigenvalue weighted by Crippen LogP contribution is 2.19. The second-order valence-electron chi connectivity index (χ2n) is 4.90.